The van der Waals surface area contributed by atoms with Gasteiger partial charge in [0.1, 0.15) is 12.4 Å². The van der Waals surface area contributed by atoms with Gasteiger partial charge in [-0.2, -0.15) is 0 Å². The second-order valence-electron chi connectivity index (χ2n) is 5.07. The summed E-state index contributed by atoms with van der Waals surface area (Å²) >= 11 is 0. The van der Waals surface area contributed by atoms with Crippen LogP contribution in [-0.2, 0) is 10.2 Å². The zero-order valence-electron chi connectivity index (χ0n) is 10.2. The Labute approximate surface area is 97.4 Å². The summed E-state index contributed by atoms with van der Waals surface area (Å²) in [4.78, 5) is 0. The smallest absolute Gasteiger partial charge is 0.127 e. The summed E-state index contributed by atoms with van der Waals surface area (Å²) in [6.07, 6.45) is 6.11. The molecule has 0 spiro atoms. The molecule has 0 unspecified atom stereocenters. The summed E-state index contributed by atoms with van der Waals surface area (Å²) in [6, 6.07) is 8.46. The molecule has 0 saturated carbocycles. The average molecular weight is 214 g/mol. The summed E-state index contributed by atoms with van der Waals surface area (Å²) in [5.41, 5.74) is 2.68. The van der Waals surface area contributed by atoms with E-state index in [4.69, 9.17) is 4.74 Å². The average Bonchev–Trinajstić information content (AvgIpc) is 2.29. The lowest BCUT2D eigenvalue weighted by molar-refractivity contribution is 0.315. The molecule has 1 aliphatic rings. The highest BCUT2D eigenvalue weighted by Crippen LogP contribution is 2.31. The Bertz CT molecular complexity index is 433. The van der Waals surface area contributed by atoms with Crippen LogP contribution in [0.5, 0.6) is 0 Å². The highest BCUT2D eigenvalue weighted by molar-refractivity contribution is 5.66. The van der Waals surface area contributed by atoms with Crippen LogP contribution in [0.4, 0.5) is 0 Å². The van der Waals surface area contributed by atoms with Gasteiger partial charge in [0.15, 0.2) is 0 Å². The molecular weight excluding hydrogens is 196 g/mol. The highest BCUT2D eigenvalue weighted by atomic mass is 16.5. The number of rotatable bonds is 1. The van der Waals surface area contributed by atoms with Crippen LogP contribution in [0.3, 0.4) is 0 Å². The predicted molar refractivity (Wildman–Crippen MR) is 68.2 cm³/mol. The topological polar surface area (TPSA) is 9.23 Å². The van der Waals surface area contributed by atoms with E-state index in [0.717, 1.165) is 5.76 Å². The lowest BCUT2D eigenvalue weighted by Gasteiger charge is -2.24. The summed E-state index contributed by atoms with van der Waals surface area (Å²) < 4.78 is 5.67. The largest absolute Gasteiger partial charge is 0.489 e. The molecule has 1 nitrogen and oxygen atoms in total. The molecule has 84 valence electrons. The Balaban J connectivity index is 2.48. The van der Waals surface area contributed by atoms with Gasteiger partial charge in [-0.05, 0) is 23.1 Å². The van der Waals surface area contributed by atoms with Crippen LogP contribution in [0, 0.1) is 0 Å². The van der Waals surface area contributed by atoms with Gasteiger partial charge in [0.05, 0.1) is 0 Å². The third kappa shape index (κ3) is 2.19. The Hall–Kier alpha value is -1.50. The summed E-state index contributed by atoms with van der Waals surface area (Å²) in [5, 5.41) is 0. The van der Waals surface area contributed by atoms with Crippen molar-refractivity contribution in [1.29, 1.82) is 0 Å². The fraction of sp³-hybridized carbons (Fsp3) is 0.333. The maximum Gasteiger partial charge on any atom is 0.127 e. The van der Waals surface area contributed by atoms with Crippen molar-refractivity contribution in [2.45, 2.75) is 26.2 Å². The molecule has 1 aromatic carbocycles. The fourth-order valence-corrected chi connectivity index (χ4v) is 1.92. The molecule has 0 bridgehead atoms. The zero-order valence-corrected chi connectivity index (χ0v) is 10.2. The molecule has 0 N–H and O–H groups in total. The minimum Gasteiger partial charge on any atom is -0.489 e. The molecular formula is C15H18O. The highest BCUT2D eigenvalue weighted by Gasteiger charge is 2.19. The molecule has 1 aromatic rings. The second-order valence-corrected chi connectivity index (χ2v) is 5.07. The van der Waals surface area contributed by atoms with E-state index in [2.05, 4.69) is 51.1 Å². The maximum absolute atomic E-state index is 5.67. The van der Waals surface area contributed by atoms with Crippen molar-refractivity contribution in [2.24, 2.45) is 0 Å². The van der Waals surface area contributed by atoms with Crippen LogP contribution in [0.25, 0.3) is 5.76 Å². The van der Waals surface area contributed by atoms with Crippen LogP contribution in [-0.4, -0.2) is 6.61 Å². The summed E-state index contributed by atoms with van der Waals surface area (Å²) in [7, 11) is 0. The minimum atomic E-state index is 0.141. The van der Waals surface area contributed by atoms with Gasteiger partial charge in [-0.15, -0.1) is 0 Å². The predicted octanol–water partition coefficient (Wildman–Crippen LogP) is 3.91. The van der Waals surface area contributed by atoms with Gasteiger partial charge in [0.25, 0.3) is 0 Å². The second kappa shape index (κ2) is 4.17. The van der Waals surface area contributed by atoms with Gasteiger partial charge in [-0.25, -0.2) is 0 Å². The SMILES string of the molecule is CC(C)(C)c1ccccc1C1=CC=CCO1. The van der Waals surface area contributed by atoms with E-state index >= 15 is 0 Å². The summed E-state index contributed by atoms with van der Waals surface area (Å²) in [6.45, 7) is 7.35. The monoisotopic (exact) mass is 214 g/mol. The molecule has 1 aliphatic heterocycles. The van der Waals surface area contributed by atoms with Crippen molar-refractivity contribution in [3.8, 4) is 0 Å². The molecule has 16 heavy (non-hydrogen) atoms. The standard InChI is InChI=1S/C15H18O/c1-15(2,3)13-9-5-4-8-12(13)14-10-6-7-11-16-14/h4-10H,11H2,1-3H3. The fourth-order valence-electron chi connectivity index (χ4n) is 1.92. The van der Waals surface area contributed by atoms with Crippen LogP contribution in [0.1, 0.15) is 31.9 Å². The van der Waals surface area contributed by atoms with E-state index in [0.29, 0.717) is 6.61 Å². The van der Waals surface area contributed by atoms with Gasteiger partial charge in [-0.1, -0.05) is 51.1 Å². The molecule has 1 heterocycles. The molecule has 0 aromatic heterocycles. The lowest BCUT2D eigenvalue weighted by atomic mass is 9.83. The van der Waals surface area contributed by atoms with Crippen molar-refractivity contribution in [2.75, 3.05) is 6.61 Å². The Morgan fingerprint density at radius 3 is 2.50 bits per heavy atom. The number of hydrogen-bond acceptors (Lipinski definition) is 1. The quantitative estimate of drug-likeness (QED) is 0.688. The Morgan fingerprint density at radius 2 is 1.88 bits per heavy atom. The van der Waals surface area contributed by atoms with Crippen LogP contribution < -0.4 is 0 Å². The van der Waals surface area contributed by atoms with E-state index in [-0.39, 0.29) is 5.41 Å². The zero-order chi connectivity index (χ0) is 11.6. The molecule has 0 fully saturated rings. The van der Waals surface area contributed by atoms with Crippen molar-refractivity contribution in [3.63, 3.8) is 0 Å². The van der Waals surface area contributed by atoms with Gasteiger partial charge >= 0.3 is 0 Å². The first-order valence-electron chi connectivity index (χ1n) is 5.68. The number of hydrogen-bond donors (Lipinski definition) is 0. The van der Waals surface area contributed by atoms with E-state index in [9.17, 15) is 0 Å². The Kier molecular flexibility index (Phi) is 2.86. The maximum atomic E-state index is 5.67. The van der Waals surface area contributed by atoms with Gasteiger partial charge in [-0.3, -0.25) is 0 Å². The lowest BCUT2D eigenvalue weighted by Crippen LogP contribution is -2.14. The van der Waals surface area contributed by atoms with E-state index in [1.165, 1.54) is 11.1 Å². The van der Waals surface area contributed by atoms with Crippen molar-refractivity contribution >= 4 is 5.76 Å². The molecule has 2 rings (SSSR count). The third-order valence-corrected chi connectivity index (χ3v) is 2.72. The van der Waals surface area contributed by atoms with Crippen molar-refractivity contribution in [1.82, 2.24) is 0 Å². The van der Waals surface area contributed by atoms with E-state index in [1.807, 2.05) is 12.2 Å². The van der Waals surface area contributed by atoms with Gasteiger partial charge < -0.3 is 4.74 Å². The van der Waals surface area contributed by atoms with Crippen molar-refractivity contribution in [3.05, 3.63) is 53.6 Å². The van der Waals surface area contributed by atoms with Crippen LogP contribution in [0.15, 0.2) is 42.5 Å². The van der Waals surface area contributed by atoms with E-state index < -0.39 is 0 Å². The molecule has 0 amide bonds. The van der Waals surface area contributed by atoms with Crippen molar-refractivity contribution < 1.29 is 4.74 Å². The normalized spacial score (nSPS) is 15.6. The van der Waals surface area contributed by atoms with Gasteiger partial charge in [0.2, 0.25) is 0 Å². The first-order chi connectivity index (χ1) is 7.59. The Morgan fingerprint density at radius 1 is 1.12 bits per heavy atom. The molecule has 0 aliphatic carbocycles. The third-order valence-electron chi connectivity index (χ3n) is 2.72. The number of benzene rings is 1. The minimum absolute atomic E-state index is 0.141. The van der Waals surface area contributed by atoms with E-state index in [1.54, 1.807) is 0 Å². The molecule has 0 saturated heterocycles. The number of ether oxygens (including phenoxy) is 1. The first-order valence-corrected chi connectivity index (χ1v) is 5.68. The molecule has 0 radical (unpaired) electrons. The number of allylic oxidation sites excluding steroid dienone is 2. The molecule has 0 atom stereocenters. The van der Waals surface area contributed by atoms with Crippen LogP contribution >= 0.6 is 0 Å². The molecule has 1 heteroatoms. The summed E-state index contributed by atoms with van der Waals surface area (Å²) in [5.74, 6) is 0.980. The van der Waals surface area contributed by atoms with Crippen LogP contribution in [0.2, 0.25) is 0 Å². The van der Waals surface area contributed by atoms with Gasteiger partial charge in [0, 0.05) is 5.56 Å². The first kappa shape index (κ1) is 11.0.